The highest BCUT2D eigenvalue weighted by atomic mass is 32.2. The van der Waals surface area contributed by atoms with Gasteiger partial charge in [-0.15, -0.1) is 0 Å². The van der Waals surface area contributed by atoms with Crippen LogP contribution in [0.15, 0.2) is 47.4 Å². The van der Waals surface area contributed by atoms with Gasteiger partial charge in [0, 0.05) is 50.4 Å². The lowest BCUT2D eigenvalue weighted by molar-refractivity contribution is -0.131. The molecular weight excluding hydrogens is 414 g/mol. The van der Waals surface area contributed by atoms with Crippen molar-refractivity contribution >= 4 is 27.4 Å². The van der Waals surface area contributed by atoms with Gasteiger partial charge in [-0.3, -0.25) is 9.59 Å². The number of sulfonamides is 1. The Morgan fingerprint density at radius 3 is 2.19 bits per heavy atom. The van der Waals surface area contributed by atoms with Gasteiger partial charge in [0.25, 0.3) is 0 Å². The molecule has 0 aliphatic carbocycles. The average molecular weight is 444 g/mol. The minimum Gasteiger partial charge on any atom is -0.368 e. The molecule has 1 heterocycles. The number of Topliss-reactive ketones (excluding diaryl/α,β-unsaturated/α-hetero) is 1. The first-order valence-corrected chi connectivity index (χ1v) is 11.9. The van der Waals surface area contributed by atoms with Crippen LogP contribution < -0.4 is 9.62 Å². The number of hydrogen-bond acceptors (Lipinski definition) is 5. The van der Waals surface area contributed by atoms with E-state index >= 15 is 0 Å². The van der Waals surface area contributed by atoms with Crippen molar-refractivity contribution in [1.29, 1.82) is 0 Å². The lowest BCUT2D eigenvalue weighted by atomic mass is 10.1. The normalized spacial score (nSPS) is 14.5. The fourth-order valence-electron chi connectivity index (χ4n) is 3.75. The summed E-state index contributed by atoms with van der Waals surface area (Å²) in [7, 11) is -3.64. The number of benzene rings is 2. The van der Waals surface area contributed by atoms with Crippen LogP contribution in [0.3, 0.4) is 0 Å². The van der Waals surface area contributed by atoms with Crippen LogP contribution in [0.1, 0.15) is 34.8 Å². The van der Waals surface area contributed by atoms with Crippen molar-refractivity contribution in [3.63, 3.8) is 0 Å². The summed E-state index contributed by atoms with van der Waals surface area (Å²) in [6.07, 6.45) is 0.122. The van der Waals surface area contributed by atoms with E-state index in [0.29, 0.717) is 37.3 Å². The third kappa shape index (κ3) is 5.71. The molecule has 0 radical (unpaired) electrons. The van der Waals surface area contributed by atoms with E-state index in [-0.39, 0.29) is 29.6 Å². The fourth-order valence-corrected chi connectivity index (χ4v) is 5.01. The van der Waals surface area contributed by atoms with Gasteiger partial charge in [0.1, 0.15) is 0 Å². The number of aryl methyl sites for hydroxylation is 2. The van der Waals surface area contributed by atoms with Gasteiger partial charge in [-0.25, -0.2) is 13.1 Å². The Labute approximate surface area is 184 Å². The van der Waals surface area contributed by atoms with Crippen molar-refractivity contribution in [3.8, 4) is 0 Å². The molecule has 1 aliphatic rings. The molecule has 1 aliphatic heterocycles. The lowest BCUT2D eigenvalue weighted by Crippen LogP contribution is -2.49. The Morgan fingerprint density at radius 2 is 1.61 bits per heavy atom. The third-order valence-electron chi connectivity index (χ3n) is 5.52. The summed E-state index contributed by atoms with van der Waals surface area (Å²) in [4.78, 5) is 28.1. The van der Waals surface area contributed by atoms with Crippen molar-refractivity contribution in [2.75, 3.05) is 37.6 Å². The molecule has 1 saturated heterocycles. The van der Waals surface area contributed by atoms with Crippen LogP contribution in [0.2, 0.25) is 0 Å². The predicted molar refractivity (Wildman–Crippen MR) is 121 cm³/mol. The molecule has 1 amide bonds. The van der Waals surface area contributed by atoms with Crippen molar-refractivity contribution in [2.45, 2.75) is 32.1 Å². The Bertz CT molecular complexity index is 1060. The summed E-state index contributed by atoms with van der Waals surface area (Å²) in [5.41, 5.74) is 3.39. The summed E-state index contributed by atoms with van der Waals surface area (Å²) in [6, 6.07) is 12.7. The number of hydrogen-bond donors (Lipinski definition) is 1. The van der Waals surface area contributed by atoms with Crippen LogP contribution in [-0.4, -0.2) is 57.7 Å². The summed E-state index contributed by atoms with van der Waals surface area (Å²) in [6.45, 7) is 7.84. The Kier molecular flexibility index (Phi) is 7.12. The van der Waals surface area contributed by atoms with Gasteiger partial charge < -0.3 is 9.80 Å². The molecule has 166 valence electrons. The van der Waals surface area contributed by atoms with Crippen molar-refractivity contribution in [2.24, 2.45) is 0 Å². The molecule has 8 heteroatoms. The molecular formula is C23H29N3O4S. The lowest BCUT2D eigenvalue weighted by Gasteiger charge is -2.36. The van der Waals surface area contributed by atoms with Crippen LogP contribution in [0, 0.1) is 13.8 Å². The zero-order valence-corrected chi connectivity index (χ0v) is 19.0. The first-order chi connectivity index (χ1) is 14.7. The second kappa shape index (κ2) is 9.62. The number of nitrogens with zero attached hydrogens (tertiary/aromatic N) is 2. The Hall–Kier alpha value is -2.71. The highest BCUT2D eigenvalue weighted by Crippen LogP contribution is 2.19. The predicted octanol–water partition coefficient (Wildman–Crippen LogP) is 2.52. The molecule has 2 aromatic rings. The molecule has 0 bridgehead atoms. The van der Waals surface area contributed by atoms with Gasteiger partial charge >= 0.3 is 0 Å². The van der Waals surface area contributed by atoms with Crippen molar-refractivity contribution < 1.29 is 18.0 Å². The molecule has 31 heavy (non-hydrogen) atoms. The zero-order chi connectivity index (χ0) is 22.6. The molecule has 2 aromatic carbocycles. The van der Waals surface area contributed by atoms with E-state index in [4.69, 9.17) is 0 Å². The molecule has 0 aromatic heterocycles. The Balaban J connectivity index is 1.48. The first kappa shape index (κ1) is 23.0. The van der Waals surface area contributed by atoms with E-state index < -0.39 is 10.0 Å². The van der Waals surface area contributed by atoms with E-state index in [1.165, 1.54) is 0 Å². The molecule has 7 nitrogen and oxygen atoms in total. The first-order valence-electron chi connectivity index (χ1n) is 10.4. The van der Waals surface area contributed by atoms with Crippen LogP contribution >= 0.6 is 0 Å². The fraction of sp³-hybridized carbons (Fsp3) is 0.391. The number of anilines is 1. The summed E-state index contributed by atoms with van der Waals surface area (Å²) in [5.74, 6) is -0.0231. The van der Waals surface area contributed by atoms with Crippen LogP contribution in [0.4, 0.5) is 5.69 Å². The van der Waals surface area contributed by atoms with E-state index in [0.717, 1.165) is 11.3 Å². The van der Waals surface area contributed by atoms with Gasteiger partial charge in [-0.1, -0.05) is 17.7 Å². The summed E-state index contributed by atoms with van der Waals surface area (Å²) < 4.78 is 27.6. The highest BCUT2D eigenvalue weighted by molar-refractivity contribution is 7.89. The third-order valence-corrected chi connectivity index (χ3v) is 7.14. The largest absolute Gasteiger partial charge is 0.368 e. The van der Waals surface area contributed by atoms with Gasteiger partial charge in [-0.05, 0) is 56.7 Å². The minimum atomic E-state index is -3.64. The van der Waals surface area contributed by atoms with Gasteiger partial charge in [0.05, 0.1) is 4.90 Å². The standard InChI is InChI=1S/C23H29N3O4S/c1-17-4-9-22(18(2)16-17)31(29,30)24-11-10-23(28)26-14-12-25(13-15-26)21-7-5-20(6-8-21)19(3)27/h4-9,16,24H,10-15H2,1-3H3. The highest BCUT2D eigenvalue weighted by Gasteiger charge is 2.22. The number of carbonyl (C=O) groups excluding carboxylic acids is 2. The molecule has 0 spiro atoms. The monoisotopic (exact) mass is 443 g/mol. The van der Waals surface area contributed by atoms with E-state index in [2.05, 4.69) is 9.62 Å². The maximum atomic E-state index is 12.5. The van der Waals surface area contributed by atoms with Crippen molar-refractivity contribution in [3.05, 3.63) is 59.2 Å². The second-order valence-electron chi connectivity index (χ2n) is 7.89. The second-order valence-corrected chi connectivity index (χ2v) is 9.62. The topological polar surface area (TPSA) is 86.8 Å². The molecule has 0 saturated carbocycles. The van der Waals surface area contributed by atoms with Crippen LogP contribution in [0.5, 0.6) is 0 Å². The number of ketones is 1. The van der Waals surface area contributed by atoms with Gasteiger partial charge in [0.15, 0.2) is 5.78 Å². The molecule has 0 atom stereocenters. The minimum absolute atomic E-state index is 0.0372. The molecule has 1 fully saturated rings. The number of nitrogens with one attached hydrogen (secondary N) is 1. The molecule has 3 rings (SSSR count). The maximum absolute atomic E-state index is 12.5. The molecule has 0 unspecified atom stereocenters. The Morgan fingerprint density at radius 1 is 0.968 bits per heavy atom. The van der Waals surface area contributed by atoms with E-state index in [1.54, 1.807) is 30.9 Å². The number of rotatable bonds is 7. The van der Waals surface area contributed by atoms with Crippen LogP contribution in [0.25, 0.3) is 0 Å². The van der Waals surface area contributed by atoms with E-state index in [9.17, 15) is 18.0 Å². The number of carbonyl (C=O) groups is 2. The smallest absolute Gasteiger partial charge is 0.240 e. The number of piperazine rings is 1. The van der Waals surface area contributed by atoms with Crippen molar-refractivity contribution in [1.82, 2.24) is 9.62 Å². The van der Waals surface area contributed by atoms with E-state index in [1.807, 2.05) is 37.3 Å². The van der Waals surface area contributed by atoms with Crippen LogP contribution in [-0.2, 0) is 14.8 Å². The zero-order valence-electron chi connectivity index (χ0n) is 18.2. The maximum Gasteiger partial charge on any atom is 0.240 e. The van der Waals surface area contributed by atoms with Gasteiger partial charge in [0.2, 0.25) is 15.9 Å². The SMILES string of the molecule is CC(=O)c1ccc(N2CCN(C(=O)CCNS(=O)(=O)c3ccc(C)cc3C)CC2)cc1. The van der Waals surface area contributed by atoms with Gasteiger partial charge in [-0.2, -0.15) is 0 Å². The number of amides is 1. The summed E-state index contributed by atoms with van der Waals surface area (Å²) in [5, 5.41) is 0. The quantitative estimate of drug-likeness (QED) is 0.665. The summed E-state index contributed by atoms with van der Waals surface area (Å²) >= 11 is 0. The molecule has 1 N–H and O–H groups in total. The average Bonchev–Trinajstić information content (AvgIpc) is 2.73.